The van der Waals surface area contributed by atoms with Gasteiger partial charge in [0.2, 0.25) is 0 Å². The van der Waals surface area contributed by atoms with Crippen molar-refractivity contribution in [2.75, 3.05) is 0 Å². The number of cyclic esters (lactones) is 1. The van der Waals surface area contributed by atoms with Gasteiger partial charge in [0.05, 0.1) is 40.8 Å². The molecule has 1 aromatic rings. The van der Waals surface area contributed by atoms with Crippen LogP contribution >= 0.6 is 11.6 Å². The molecule has 8 nitrogen and oxygen atoms in total. The van der Waals surface area contributed by atoms with Gasteiger partial charge >= 0.3 is 5.97 Å². The van der Waals surface area contributed by atoms with Crippen LogP contribution in [-0.4, -0.2) is 57.0 Å². The number of aryl methyl sites for hydroxylation is 1. The van der Waals surface area contributed by atoms with Gasteiger partial charge < -0.3 is 24.1 Å². The summed E-state index contributed by atoms with van der Waals surface area (Å²) in [4.78, 5) is 30.6. The Labute approximate surface area is 218 Å². The molecule has 0 aromatic carbocycles. The molecule has 36 heavy (non-hydrogen) atoms. The van der Waals surface area contributed by atoms with E-state index in [4.69, 9.17) is 25.5 Å². The first-order chi connectivity index (χ1) is 16.8. The highest BCUT2D eigenvalue weighted by atomic mass is 35.5. The summed E-state index contributed by atoms with van der Waals surface area (Å²) in [5.74, 6) is -1.18. The molecule has 0 aliphatic carbocycles. The molecule has 2 fully saturated rings. The van der Waals surface area contributed by atoms with E-state index in [1.165, 1.54) is 6.26 Å². The first-order valence-corrected chi connectivity index (χ1v) is 13.2. The monoisotopic (exact) mass is 525 g/mol. The van der Waals surface area contributed by atoms with Crippen molar-refractivity contribution >= 4 is 29.4 Å². The first-order valence-electron chi connectivity index (χ1n) is 12.9. The molecule has 7 atom stereocenters. The largest absolute Gasteiger partial charge is 0.456 e. The van der Waals surface area contributed by atoms with Crippen LogP contribution in [0.2, 0.25) is 0 Å². The summed E-state index contributed by atoms with van der Waals surface area (Å²) in [5, 5.41) is 22.2. The molecule has 0 saturated carbocycles. The smallest absolute Gasteiger partial charge is 0.309 e. The number of esters is 1. The molecule has 0 spiro atoms. The summed E-state index contributed by atoms with van der Waals surface area (Å²) >= 11 is 6.59. The summed E-state index contributed by atoms with van der Waals surface area (Å²) in [5.41, 5.74) is -1.12. The Balaban J connectivity index is 1.87. The molecule has 2 aliphatic heterocycles. The van der Waals surface area contributed by atoms with Gasteiger partial charge in [-0.25, -0.2) is 4.98 Å². The van der Waals surface area contributed by atoms with E-state index in [1.807, 2.05) is 20.8 Å². The minimum Gasteiger partial charge on any atom is -0.456 e. The number of aromatic nitrogens is 1. The molecular weight excluding hydrogens is 486 g/mol. The number of ether oxygens (including phenoxy) is 2. The molecule has 0 unspecified atom stereocenters. The maximum Gasteiger partial charge on any atom is 0.309 e. The van der Waals surface area contributed by atoms with Gasteiger partial charge in [0.15, 0.2) is 5.89 Å². The van der Waals surface area contributed by atoms with Crippen molar-refractivity contribution in [3.05, 3.63) is 22.9 Å². The van der Waals surface area contributed by atoms with Crippen LogP contribution < -0.4 is 0 Å². The number of carbonyl (C=O) groups is 2. The van der Waals surface area contributed by atoms with Crippen LogP contribution in [0.1, 0.15) is 84.7 Å². The van der Waals surface area contributed by atoms with Gasteiger partial charge in [-0.2, -0.15) is 0 Å². The topological polar surface area (TPSA) is 122 Å². The zero-order valence-electron chi connectivity index (χ0n) is 22.1. The number of epoxide rings is 1. The van der Waals surface area contributed by atoms with E-state index in [0.717, 1.165) is 19.3 Å². The van der Waals surface area contributed by atoms with Crippen LogP contribution in [0, 0.1) is 24.2 Å². The number of aliphatic hydroxyl groups excluding tert-OH is 2. The maximum absolute atomic E-state index is 13.4. The number of fused-ring (bicyclic) bond motifs is 1. The molecule has 1 aromatic heterocycles. The lowest BCUT2D eigenvalue weighted by Crippen LogP contribution is -2.46. The second-order valence-corrected chi connectivity index (χ2v) is 11.6. The minimum absolute atomic E-state index is 0.0958. The molecule has 9 heteroatoms. The quantitative estimate of drug-likeness (QED) is 0.434. The van der Waals surface area contributed by atoms with Crippen LogP contribution in [0.25, 0.3) is 6.08 Å². The maximum atomic E-state index is 13.4. The summed E-state index contributed by atoms with van der Waals surface area (Å²) in [7, 11) is 0. The third-order valence-corrected chi connectivity index (χ3v) is 8.25. The number of aliphatic hydroxyl groups is 2. The number of hydrogen-bond donors (Lipinski definition) is 2. The van der Waals surface area contributed by atoms with Crippen molar-refractivity contribution in [1.82, 2.24) is 4.98 Å². The number of nitrogens with zero attached hydrogens (tertiary/aromatic N) is 1. The Kier molecular flexibility index (Phi) is 9.08. The molecule has 0 radical (unpaired) electrons. The lowest BCUT2D eigenvalue weighted by atomic mass is 9.71. The lowest BCUT2D eigenvalue weighted by molar-refractivity contribution is -0.154. The van der Waals surface area contributed by atoms with Crippen molar-refractivity contribution < 1.29 is 33.7 Å². The Morgan fingerprint density at radius 1 is 1.28 bits per heavy atom. The number of halogens is 1. The summed E-state index contributed by atoms with van der Waals surface area (Å²) in [6, 6.07) is 0. The summed E-state index contributed by atoms with van der Waals surface area (Å²) in [6.45, 7) is 10.8. The minimum atomic E-state index is -1.29. The standard InChI is InChI=1S/C27H40ClNO7/c1-7-18-24(32)15(2)9-8-10-27(6)22(36-27)12-20(19(28)11-17-14-34-16(3)29-17)35-23(31)13-21(30)26(4,5)25(18)33/h11,14-15,18,20-22,24,30,32H,7-10,12-13H2,1-6H3/t15-,18+,20-,21-,22-,24-,27+/m0/s1. The molecule has 2 saturated heterocycles. The summed E-state index contributed by atoms with van der Waals surface area (Å²) < 4.78 is 17.0. The average Bonchev–Trinajstić information content (AvgIpc) is 3.24. The molecule has 3 rings (SSSR count). The molecule has 3 heterocycles. The van der Waals surface area contributed by atoms with E-state index in [1.54, 1.807) is 26.8 Å². The number of rotatable bonds is 3. The molecular formula is C27H40ClNO7. The lowest BCUT2D eigenvalue weighted by Gasteiger charge is -2.35. The van der Waals surface area contributed by atoms with E-state index < -0.39 is 35.6 Å². The van der Waals surface area contributed by atoms with Crippen LogP contribution in [-0.2, 0) is 19.1 Å². The van der Waals surface area contributed by atoms with E-state index in [2.05, 4.69) is 4.98 Å². The molecule has 0 amide bonds. The van der Waals surface area contributed by atoms with Gasteiger partial charge in [0.1, 0.15) is 23.8 Å². The first kappa shape index (κ1) is 28.8. The van der Waals surface area contributed by atoms with Gasteiger partial charge in [-0.1, -0.05) is 45.7 Å². The highest BCUT2D eigenvalue weighted by Crippen LogP contribution is 2.45. The van der Waals surface area contributed by atoms with Crippen LogP contribution in [0.3, 0.4) is 0 Å². The molecule has 0 bridgehead atoms. The van der Waals surface area contributed by atoms with Crippen LogP contribution in [0.4, 0.5) is 0 Å². The predicted octanol–water partition coefficient (Wildman–Crippen LogP) is 4.58. The zero-order chi connectivity index (χ0) is 26.8. The third kappa shape index (κ3) is 6.57. The average molecular weight is 526 g/mol. The van der Waals surface area contributed by atoms with Gasteiger partial charge in [-0.15, -0.1) is 0 Å². The van der Waals surface area contributed by atoms with Gasteiger partial charge in [-0.3, -0.25) is 9.59 Å². The highest BCUT2D eigenvalue weighted by molar-refractivity contribution is 6.32. The number of carbonyl (C=O) groups excluding carboxylic acids is 2. The van der Waals surface area contributed by atoms with Crippen molar-refractivity contribution in [3.8, 4) is 0 Å². The number of ketones is 1. The van der Waals surface area contributed by atoms with Crippen LogP contribution in [0.15, 0.2) is 15.7 Å². The second-order valence-electron chi connectivity index (χ2n) is 11.1. The number of Topliss-reactive ketones (excluding diaryl/α,β-unsaturated/α-hetero) is 1. The Bertz CT molecular complexity index is 973. The fraction of sp³-hybridized carbons (Fsp3) is 0.741. The van der Waals surface area contributed by atoms with Crippen molar-refractivity contribution in [2.45, 2.75) is 110 Å². The van der Waals surface area contributed by atoms with Crippen molar-refractivity contribution in [2.24, 2.45) is 17.3 Å². The fourth-order valence-corrected chi connectivity index (χ4v) is 5.33. The van der Waals surface area contributed by atoms with E-state index in [9.17, 15) is 19.8 Å². The van der Waals surface area contributed by atoms with Gasteiger partial charge in [-0.05, 0) is 38.2 Å². The van der Waals surface area contributed by atoms with E-state index >= 15 is 0 Å². The zero-order valence-corrected chi connectivity index (χ0v) is 22.9. The number of oxazole rings is 1. The Morgan fingerprint density at radius 2 is 1.97 bits per heavy atom. The van der Waals surface area contributed by atoms with E-state index in [-0.39, 0.29) is 34.9 Å². The fourth-order valence-electron chi connectivity index (χ4n) is 5.09. The van der Waals surface area contributed by atoms with Crippen molar-refractivity contribution in [3.63, 3.8) is 0 Å². The normalized spacial score (nSPS) is 36.8. The second kappa shape index (κ2) is 11.3. The molecule has 2 aliphatic rings. The van der Waals surface area contributed by atoms with E-state index in [0.29, 0.717) is 24.4 Å². The number of hydrogen-bond acceptors (Lipinski definition) is 8. The Hall–Kier alpha value is -1.74. The Morgan fingerprint density at radius 3 is 2.58 bits per heavy atom. The summed E-state index contributed by atoms with van der Waals surface area (Å²) in [6.07, 6.45) is 2.72. The molecule has 2 N–H and O–H groups in total. The SMILES string of the molecule is CC[C@H]1C(=O)C(C)(C)[C@@H](O)CC(=O)O[C@H](C(Cl)=Cc2coc(C)n2)C[C@@H]2O[C@]2(C)CCC[C@H](C)[C@@H]1O. The highest BCUT2D eigenvalue weighted by Gasteiger charge is 2.53. The van der Waals surface area contributed by atoms with Gasteiger partial charge in [0.25, 0.3) is 0 Å². The van der Waals surface area contributed by atoms with Crippen LogP contribution in [0.5, 0.6) is 0 Å². The third-order valence-electron chi connectivity index (χ3n) is 7.90. The van der Waals surface area contributed by atoms with Crippen molar-refractivity contribution in [1.29, 1.82) is 0 Å². The predicted molar refractivity (Wildman–Crippen MR) is 135 cm³/mol. The molecule has 202 valence electrons. The van der Waals surface area contributed by atoms with Gasteiger partial charge in [0, 0.05) is 19.3 Å².